The first-order chi connectivity index (χ1) is 10.8. The molecule has 134 valence electrons. The summed E-state index contributed by atoms with van der Waals surface area (Å²) < 4.78 is 4.96. The molecule has 23 heavy (non-hydrogen) atoms. The van der Waals surface area contributed by atoms with Crippen molar-refractivity contribution in [2.24, 2.45) is 11.8 Å². The maximum atomic E-state index is 10.9. The first-order valence-electron chi connectivity index (χ1n) is 8.44. The summed E-state index contributed by atoms with van der Waals surface area (Å²) in [4.78, 5) is 32.1. The van der Waals surface area contributed by atoms with Crippen molar-refractivity contribution in [1.29, 1.82) is 0 Å². The van der Waals surface area contributed by atoms with Gasteiger partial charge in [0, 0.05) is 6.42 Å². The van der Waals surface area contributed by atoms with Gasteiger partial charge in [-0.2, -0.15) is 0 Å². The van der Waals surface area contributed by atoms with Crippen LogP contribution in [0.1, 0.15) is 72.1 Å². The molecule has 6 nitrogen and oxygen atoms in total. The summed E-state index contributed by atoms with van der Waals surface area (Å²) in [6, 6.07) is 0. The summed E-state index contributed by atoms with van der Waals surface area (Å²) in [6.45, 7) is 5.86. The highest BCUT2D eigenvalue weighted by molar-refractivity contribution is 5.80. The molecule has 0 bridgehead atoms. The molecule has 0 amide bonds. The van der Waals surface area contributed by atoms with Gasteiger partial charge in [-0.15, -0.1) is 0 Å². The molecule has 2 atom stereocenters. The SMILES string of the molecule is CCCCCC(=O)OC(C)C.O=C(O)C1CCCCC1C(=O)O. The Labute approximate surface area is 138 Å². The number of carbonyl (C=O) groups is 3. The van der Waals surface area contributed by atoms with Crippen molar-refractivity contribution >= 4 is 17.9 Å². The number of unbranched alkanes of at least 4 members (excludes halogenated alkanes) is 2. The van der Waals surface area contributed by atoms with E-state index in [0.29, 0.717) is 19.3 Å². The fraction of sp³-hybridized carbons (Fsp3) is 0.824. The Balaban J connectivity index is 0.000000423. The number of ether oxygens (including phenoxy) is 1. The zero-order valence-corrected chi connectivity index (χ0v) is 14.4. The molecule has 6 heteroatoms. The van der Waals surface area contributed by atoms with Gasteiger partial charge in [0.05, 0.1) is 17.9 Å². The normalized spacial score (nSPS) is 20.3. The molecular weight excluding hydrogens is 300 g/mol. The Morgan fingerprint density at radius 1 is 1.00 bits per heavy atom. The number of aliphatic carboxylic acids is 2. The van der Waals surface area contributed by atoms with Gasteiger partial charge in [0.1, 0.15) is 0 Å². The van der Waals surface area contributed by atoms with Gasteiger partial charge in [0.2, 0.25) is 0 Å². The summed E-state index contributed by atoms with van der Waals surface area (Å²) in [5.41, 5.74) is 0. The number of esters is 1. The highest BCUT2D eigenvalue weighted by Crippen LogP contribution is 2.30. The maximum absolute atomic E-state index is 10.9. The van der Waals surface area contributed by atoms with Gasteiger partial charge >= 0.3 is 17.9 Å². The van der Waals surface area contributed by atoms with Crippen molar-refractivity contribution in [3.05, 3.63) is 0 Å². The molecule has 1 fully saturated rings. The molecule has 1 aliphatic rings. The Hall–Kier alpha value is -1.59. The second kappa shape index (κ2) is 11.9. The Morgan fingerprint density at radius 2 is 1.48 bits per heavy atom. The Kier molecular flexibility index (Phi) is 11.1. The van der Waals surface area contributed by atoms with Gasteiger partial charge in [-0.3, -0.25) is 14.4 Å². The molecule has 2 unspecified atom stereocenters. The minimum atomic E-state index is -0.970. The predicted molar refractivity (Wildman–Crippen MR) is 86.1 cm³/mol. The lowest BCUT2D eigenvalue weighted by molar-refractivity contribution is -0.155. The monoisotopic (exact) mass is 330 g/mol. The third-order valence-corrected chi connectivity index (χ3v) is 3.75. The number of carboxylic acid groups (broad SMARTS) is 2. The van der Waals surface area contributed by atoms with Gasteiger partial charge in [-0.05, 0) is 33.1 Å². The standard InChI is InChI=1S/C9H18O2.C8H12O4/c1-4-5-6-7-9(10)11-8(2)3;9-7(10)5-3-1-2-4-6(5)8(11)12/h8H,4-7H2,1-3H3;5-6H,1-4H2,(H,9,10)(H,11,12). The van der Waals surface area contributed by atoms with Gasteiger partial charge in [-0.1, -0.05) is 32.6 Å². The van der Waals surface area contributed by atoms with Crippen molar-refractivity contribution < 1.29 is 29.3 Å². The van der Waals surface area contributed by atoms with Gasteiger partial charge < -0.3 is 14.9 Å². The number of carbonyl (C=O) groups excluding carboxylic acids is 1. The van der Waals surface area contributed by atoms with Crippen LogP contribution >= 0.6 is 0 Å². The van der Waals surface area contributed by atoms with Crippen molar-refractivity contribution in [3.8, 4) is 0 Å². The molecule has 0 aliphatic heterocycles. The second-order valence-corrected chi connectivity index (χ2v) is 6.17. The molecule has 0 aromatic rings. The molecule has 1 aliphatic carbocycles. The molecule has 1 saturated carbocycles. The molecule has 2 N–H and O–H groups in total. The van der Waals surface area contributed by atoms with Crippen LogP contribution in [0.5, 0.6) is 0 Å². The van der Waals surface area contributed by atoms with Crippen LogP contribution in [0.3, 0.4) is 0 Å². The fourth-order valence-electron chi connectivity index (χ4n) is 2.56. The lowest BCUT2D eigenvalue weighted by Gasteiger charge is -2.24. The van der Waals surface area contributed by atoms with Crippen LogP contribution < -0.4 is 0 Å². The number of hydrogen-bond donors (Lipinski definition) is 2. The third kappa shape index (κ3) is 9.92. The van der Waals surface area contributed by atoms with Crippen molar-refractivity contribution in [3.63, 3.8) is 0 Å². The molecule has 0 spiro atoms. The summed E-state index contributed by atoms with van der Waals surface area (Å²) in [7, 11) is 0. The van der Waals surface area contributed by atoms with E-state index in [4.69, 9.17) is 14.9 Å². The largest absolute Gasteiger partial charge is 0.481 e. The predicted octanol–water partition coefficient (Wildman–Crippen LogP) is 3.48. The van der Waals surface area contributed by atoms with Gasteiger partial charge in [0.15, 0.2) is 0 Å². The Bertz CT molecular complexity index is 355. The van der Waals surface area contributed by atoms with Crippen molar-refractivity contribution in [2.75, 3.05) is 0 Å². The number of carboxylic acids is 2. The Morgan fingerprint density at radius 3 is 1.83 bits per heavy atom. The first-order valence-corrected chi connectivity index (χ1v) is 8.44. The van der Waals surface area contributed by atoms with E-state index in [1.54, 1.807) is 0 Å². The van der Waals surface area contributed by atoms with Crippen LogP contribution in [0.4, 0.5) is 0 Å². The van der Waals surface area contributed by atoms with Crippen LogP contribution in [0.25, 0.3) is 0 Å². The fourth-order valence-corrected chi connectivity index (χ4v) is 2.56. The topological polar surface area (TPSA) is 101 Å². The quantitative estimate of drug-likeness (QED) is 0.547. The van der Waals surface area contributed by atoms with E-state index >= 15 is 0 Å². The summed E-state index contributed by atoms with van der Waals surface area (Å²) >= 11 is 0. The van der Waals surface area contributed by atoms with Crippen LogP contribution in [-0.4, -0.2) is 34.2 Å². The molecule has 0 aromatic carbocycles. The highest BCUT2D eigenvalue weighted by Gasteiger charge is 2.35. The van der Waals surface area contributed by atoms with Gasteiger partial charge in [-0.25, -0.2) is 0 Å². The average Bonchev–Trinajstić information content (AvgIpc) is 2.47. The van der Waals surface area contributed by atoms with E-state index in [0.717, 1.165) is 32.1 Å². The van der Waals surface area contributed by atoms with Crippen molar-refractivity contribution in [1.82, 2.24) is 0 Å². The average molecular weight is 330 g/mol. The highest BCUT2D eigenvalue weighted by atomic mass is 16.5. The van der Waals surface area contributed by atoms with Gasteiger partial charge in [0.25, 0.3) is 0 Å². The van der Waals surface area contributed by atoms with Crippen LogP contribution in [0.15, 0.2) is 0 Å². The summed E-state index contributed by atoms with van der Waals surface area (Å²) in [5.74, 6) is -3.34. The van der Waals surface area contributed by atoms with Crippen molar-refractivity contribution in [2.45, 2.75) is 78.2 Å². The summed E-state index contributed by atoms with van der Waals surface area (Å²) in [5, 5.41) is 17.4. The minimum absolute atomic E-state index is 0.0316. The van der Waals surface area contributed by atoms with Crippen LogP contribution in [0.2, 0.25) is 0 Å². The van der Waals surface area contributed by atoms with E-state index < -0.39 is 23.8 Å². The molecule has 0 saturated heterocycles. The lowest BCUT2D eigenvalue weighted by atomic mass is 9.79. The zero-order chi connectivity index (χ0) is 17.8. The van der Waals surface area contributed by atoms with Crippen LogP contribution in [0, 0.1) is 11.8 Å². The molecule has 0 aromatic heterocycles. The third-order valence-electron chi connectivity index (χ3n) is 3.75. The number of hydrogen-bond acceptors (Lipinski definition) is 4. The first kappa shape index (κ1) is 21.4. The van der Waals surface area contributed by atoms with E-state index in [-0.39, 0.29) is 12.1 Å². The molecular formula is C17H30O6. The zero-order valence-electron chi connectivity index (χ0n) is 14.4. The molecule has 1 rings (SSSR count). The van der Waals surface area contributed by atoms with E-state index in [1.165, 1.54) is 0 Å². The minimum Gasteiger partial charge on any atom is -0.481 e. The van der Waals surface area contributed by atoms with E-state index in [1.807, 2.05) is 13.8 Å². The second-order valence-electron chi connectivity index (χ2n) is 6.17. The van der Waals surface area contributed by atoms with Crippen LogP contribution in [-0.2, 0) is 19.1 Å². The van der Waals surface area contributed by atoms with E-state index in [9.17, 15) is 14.4 Å². The molecule has 0 radical (unpaired) electrons. The lowest BCUT2D eigenvalue weighted by Crippen LogP contribution is -2.32. The maximum Gasteiger partial charge on any atom is 0.307 e. The molecule has 0 heterocycles. The summed E-state index contributed by atoms with van der Waals surface area (Å²) in [6.07, 6.45) is 6.51. The smallest absolute Gasteiger partial charge is 0.307 e. The van der Waals surface area contributed by atoms with E-state index in [2.05, 4.69) is 6.92 Å². The number of rotatable bonds is 7.